The predicted octanol–water partition coefficient (Wildman–Crippen LogP) is 5.67. The van der Waals surface area contributed by atoms with Crippen LogP contribution in [-0.2, 0) is 6.42 Å². The van der Waals surface area contributed by atoms with Crippen LogP contribution in [0.4, 0.5) is 0 Å². The molecule has 2 heteroatoms. The van der Waals surface area contributed by atoms with Gasteiger partial charge in [0.25, 0.3) is 0 Å². The van der Waals surface area contributed by atoms with Crippen molar-refractivity contribution >= 4 is 11.6 Å². The number of para-hydroxylation sites is 1. The minimum Gasteiger partial charge on any atom is -0.496 e. The Morgan fingerprint density at radius 3 is 2.54 bits per heavy atom. The Morgan fingerprint density at radius 2 is 1.79 bits per heavy atom. The van der Waals surface area contributed by atoms with Crippen molar-refractivity contribution in [1.82, 2.24) is 0 Å². The van der Waals surface area contributed by atoms with Gasteiger partial charge in [0.05, 0.1) is 7.11 Å². The van der Waals surface area contributed by atoms with Crippen LogP contribution in [0.5, 0.6) is 5.75 Å². The number of aryl methyl sites for hydroxylation is 2. The van der Waals surface area contributed by atoms with Crippen LogP contribution >= 0.6 is 0 Å². The number of methoxy groups -OCH3 is 1. The predicted molar refractivity (Wildman–Crippen MR) is 98.2 cm³/mol. The summed E-state index contributed by atoms with van der Waals surface area (Å²) in [6.07, 6.45) is 3.17. The van der Waals surface area contributed by atoms with Crippen molar-refractivity contribution in [3.05, 3.63) is 76.7 Å². The molecule has 0 radical (unpaired) electrons. The zero-order valence-electron chi connectivity index (χ0n) is 14.2. The summed E-state index contributed by atoms with van der Waals surface area (Å²) < 4.78 is 11.4. The van der Waals surface area contributed by atoms with E-state index in [1.165, 1.54) is 27.8 Å². The van der Waals surface area contributed by atoms with Gasteiger partial charge in [-0.3, -0.25) is 0 Å². The molecule has 1 aliphatic carbocycles. The fourth-order valence-electron chi connectivity index (χ4n) is 3.50. The summed E-state index contributed by atoms with van der Waals surface area (Å²) in [5.74, 6) is 2.82. The third kappa shape index (κ3) is 2.35. The maximum absolute atomic E-state index is 5.83. The SMILES string of the molecule is COc1ccccc1-c1c(C)ccc2c1C=C(c1ccc(C)o1)C2. The first-order valence-electron chi connectivity index (χ1n) is 8.20. The summed E-state index contributed by atoms with van der Waals surface area (Å²) in [6.45, 7) is 4.14. The van der Waals surface area contributed by atoms with Gasteiger partial charge in [0.1, 0.15) is 17.3 Å². The second-order valence-corrected chi connectivity index (χ2v) is 6.29. The Labute approximate surface area is 142 Å². The van der Waals surface area contributed by atoms with E-state index in [-0.39, 0.29) is 0 Å². The fraction of sp³-hybridized carbons (Fsp3) is 0.182. The molecule has 0 bridgehead atoms. The Hall–Kier alpha value is -2.74. The number of ether oxygens (including phenoxy) is 1. The maximum Gasteiger partial charge on any atom is 0.130 e. The van der Waals surface area contributed by atoms with Crippen molar-refractivity contribution in [2.45, 2.75) is 20.3 Å². The Morgan fingerprint density at radius 1 is 0.958 bits per heavy atom. The van der Waals surface area contributed by atoms with Gasteiger partial charge in [-0.05, 0) is 65.9 Å². The standard InChI is InChI=1S/C22H20O2/c1-14-8-10-16-12-17(20-11-9-15(2)24-20)13-19(16)22(14)18-6-4-5-7-21(18)23-3/h4-11,13H,12H2,1-3H3. The van der Waals surface area contributed by atoms with E-state index >= 15 is 0 Å². The van der Waals surface area contributed by atoms with Crippen molar-refractivity contribution < 1.29 is 9.15 Å². The molecule has 0 aliphatic heterocycles. The summed E-state index contributed by atoms with van der Waals surface area (Å²) in [5, 5.41) is 0. The van der Waals surface area contributed by atoms with E-state index in [1.807, 2.05) is 25.1 Å². The fourth-order valence-corrected chi connectivity index (χ4v) is 3.50. The molecule has 120 valence electrons. The molecule has 1 heterocycles. The number of hydrogen-bond donors (Lipinski definition) is 0. The molecule has 0 saturated carbocycles. The number of hydrogen-bond acceptors (Lipinski definition) is 2. The molecule has 0 spiro atoms. The average Bonchev–Trinajstić information content (AvgIpc) is 3.21. The Bertz CT molecular complexity index is 944. The molecule has 0 atom stereocenters. The average molecular weight is 316 g/mol. The van der Waals surface area contributed by atoms with Crippen LogP contribution in [0.25, 0.3) is 22.8 Å². The first-order chi connectivity index (χ1) is 11.7. The van der Waals surface area contributed by atoms with Crippen LogP contribution in [0.15, 0.2) is 52.9 Å². The van der Waals surface area contributed by atoms with Crippen molar-refractivity contribution in [2.75, 3.05) is 7.11 Å². The van der Waals surface area contributed by atoms with Crippen molar-refractivity contribution in [1.29, 1.82) is 0 Å². The summed E-state index contributed by atoms with van der Waals surface area (Å²) in [7, 11) is 1.73. The largest absolute Gasteiger partial charge is 0.496 e. The van der Waals surface area contributed by atoms with E-state index in [4.69, 9.17) is 9.15 Å². The van der Waals surface area contributed by atoms with Crippen molar-refractivity contribution in [3.63, 3.8) is 0 Å². The molecule has 3 aromatic rings. The number of allylic oxidation sites excluding steroid dienone is 1. The minimum atomic E-state index is 0.907. The van der Waals surface area contributed by atoms with Gasteiger partial charge in [-0.15, -0.1) is 0 Å². The molecule has 2 aromatic carbocycles. The molecule has 0 amide bonds. The van der Waals surface area contributed by atoms with Crippen LogP contribution in [0, 0.1) is 13.8 Å². The van der Waals surface area contributed by atoms with Gasteiger partial charge in [-0.2, -0.15) is 0 Å². The van der Waals surface area contributed by atoms with E-state index in [2.05, 4.69) is 43.3 Å². The van der Waals surface area contributed by atoms with Gasteiger partial charge in [0, 0.05) is 12.0 Å². The van der Waals surface area contributed by atoms with Crippen molar-refractivity contribution in [3.8, 4) is 16.9 Å². The molecule has 0 saturated heterocycles. The molecular weight excluding hydrogens is 296 g/mol. The van der Waals surface area contributed by atoms with Crippen molar-refractivity contribution in [2.24, 2.45) is 0 Å². The van der Waals surface area contributed by atoms with Gasteiger partial charge in [-0.1, -0.05) is 30.3 Å². The third-order valence-corrected chi connectivity index (χ3v) is 4.68. The van der Waals surface area contributed by atoms with E-state index in [0.717, 1.165) is 29.3 Å². The molecule has 24 heavy (non-hydrogen) atoms. The van der Waals surface area contributed by atoms with Crippen LogP contribution in [0.1, 0.15) is 28.2 Å². The van der Waals surface area contributed by atoms with Crippen LogP contribution in [0.2, 0.25) is 0 Å². The number of benzene rings is 2. The Kier molecular flexibility index (Phi) is 3.53. The quantitative estimate of drug-likeness (QED) is 0.621. The van der Waals surface area contributed by atoms with E-state index in [0.29, 0.717) is 0 Å². The molecule has 4 rings (SSSR count). The highest BCUT2D eigenvalue weighted by Gasteiger charge is 2.22. The van der Waals surface area contributed by atoms with Crippen LogP contribution in [-0.4, -0.2) is 7.11 Å². The first kappa shape index (κ1) is 14.8. The lowest BCUT2D eigenvalue weighted by Crippen LogP contribution is -1.94. The smallest absolute Gasteiger partial charge is 0.130 e. The Balaban J connectivity index is 1.89. The maximum atomic E-state index is 5.83. The second kappa shape index (κ2) is 5.72. The van der Waals surface area contributed by atoms with E-state index in [1.54, 1.807) is 7.11 Å². The van der Waals surface area contributed by atoms with Gasteiger partial charge in [0.15, 0.2) is 0 Å². The summed E-state index contributed by atoms with van der Waals surface area (Å²) >= 11 is 0. The first-order valence-corrected chi connectivity index (χ1v) is 8.20. The summed E-state index contributed by atoms with van der Waals surface area (Å²) in [5.41, 5.74) is 7.51. The highest BCUT2D eigenvalue weighted by molar-refractivity contribution is 5.94. The highest BCUT2D eigenvalue weighted by Crippen LogP contribution is 2.42. The van der Waals surface area contributed by atoms with Crippen LogP contribution in [0.3, 0.4) is 0 Å². The highest BCUT2D eigenvalue weighted by atomic mass is 16.5. The van der Waals surface area contributed by atoms with Gasteiger partial charge in [-0.25, -0.2) is 0 Å². The number of fused-ring (bicyclic) bond motifs is 1. The minimum absolute atomic E-state index is 0.907. The van der Waals surface area contributed by atoms with E-state index < -0.39 is 0 Å². The lowest BCUT2D eigenvalue weighted by atomic mass is 9.92. The van der Waals surface area contributed by atoms with Gasteiger partial charge in [0.2, 0.25) is 0 Å². The normalized spacial score (nSPS) is 12.9. The lowest BCUT2D eigenvalue weighted by molar-refractivity contribution is 0.416. The summed E-state index contributed by atoms with van der Waals surface area (Å²) in [6, 6.07) is 16.7. The van der Waals surface area contributed by atoms with Gasteiger partial charge < -0.3 is 9.15 Å². The zero-order valence-corrected chi connectivity index (χ0v) is 14.2. The van der Waals surface area contributed by atoms with E-state index in [9.17, 15) is 0 Å². The van der Waals surface area contributed by atoms with Gasteiger partial charge >= 0.3 is 0 Å². The molecule has 0 N–H and O–H groups in total. The molecule has 2 nitrogen and oxygen atoms in total. The molecule has 0 fully saturated rings. The number of furan rings is 1. The number of rotatable bonds is 3. The zero-order chi connectivity index (χ0) is 16.7. The lowest BCUT2D eigenvalue weighted by Gasteiger charge is -2.14. The summed E-state index contributed by atoms with van der Waals surface area (Å²) in [4.78, 5) is 0. The molecule has 1 aromatic heterocycles. The molecule has 1 aliphatic rings. The second-order valence-electron chi connectivity index (χ2n) is 6.29. The topological polar surface area (TPSA) is 22.4 Å². The third-order valence-electron chi connectivity index (χ3n) is 4.68. The monoisotopic (exact) mass is 316 g/mol. The van der Waals surface area contributed by atoms with Crippen LogP contribution < -0.4 is 4.74 Å². The molecule has 0 unspecified atom stereocenters. The molecular formula is C22H20O2.